The summed E-state index contributed by atoms with van der Waals surface area (Å²) >= 11 is 0. The zero-order chi connectivity index (χ0) is 14.8. The Morgan fingerprint density at radius 3 is 2.57 bits per heavy atom. The lowest BCUT2D eigenvalue weighted by Gasteiger charge is -2.58. The molecule has 2 fully saturated rings. The van der Waals surface area contributed by atoms with Crippen LogP contribution in [-0.4, -0.2) is 0 Å². The predicted octanol–water partition coefficient (Wildman–Crippen LogP) is 6.14. The molecule has 0 aliphatic heterocycles. The first kappa shape index (κ1) is 14.1. The van der Waals surface area contributed by atoms with E-state index in [1.165, 1.54) is 44.9 Å². The van der Waals surface area contributed by atoms with Gasteiger partial charge in [0.25, 0.3) is 0 Å². The van der Waals surface area contributed by atoms with Gasteiger partial charge >= 0.3 is 0 Å². The fourth-order valence-electron chi connectivity index (χ4n) is 6.68. The van der Waals surface area contributed by atoms with Crippen molar-refractivity contribution < 1.29 is 0 Å². The zero-order valence-corrected chi connectivity index (χ0v) is 14.4. The average molecular weight is 284 g/mol. The SMILES string of the molecule is CC1=CCC2C3CCC4=C[C@H](C)CCC4(C)C3CCC12C. The van der Waals surface area contributed by atoms with Crippen molar-refractivity contribution in [2.45, 2.75) is 72.6 Å². The highest BCUT2D eigenvalue weighted by Gasteiger charge is 2.56. The van der Waals surface area contributed by atoms with E-state index in [0.29, 0.717) is 10.8 Å². The van der Waals surface area contributed by atoms with Crippen LogP contribution < -0.4 is 0 Å². The summed E-state index contributed by atoms with van der Waals surface area (Å²) in [5.74, 6) is 3.75. The van der Waals surface area contributed by atoms with Crippen LogP contribution in [0.2, 0.25) is 0 Å². The van der Waals surface area contributed by atoms with Gasteiger partial charge < -0.3 is 0 Å². The molecule has 0 saturated heterocycles. The van der Waals surface area contributed by atoms with E-state index in [0.717, 1.165) is 23.7 Å². The lowest BCUT2D eigenvalue weighted by molar-refractivity contribution is -0.0301. The summed E-state index contributed by atoms with van der Waals surface area (Å²) in [6.07, 6.45) is 15.3. The van der Waals surface area contributed by atoms with E-state index >= 15 is 0 Å². The molecule has 0 nitrogen and oxygen atoms in total. The Bertz CT molecular complexity index is 510. The normalized spacial score (nSPS) is 52.4. The minimum Gasteiger partial charge on any atom is -0.0847 e. The molecule has 0 aromatic carbocycles. The second-order valence-electron chi connectivity index (χ2n) is 9.12. The summed E-state index contributed by atoms with van der Waals surface area (Å²) in [6, 6.07) is 0. The molecule has 0 radical (unpaired) electrons. The molecule has 4 aliphatic carbocycles. The molecule has 0 bridgehead atoms. The van der Waals surface area contributed by atoms with Crippen molar-refractivity contribution >= 4 is 0 Å². The average Bonchev–Trinajstić information content (AvgIpc) is 2.76. The maximum absolute atomic E-state index is 2.66. The van der Waals surface area contributed by atoms with E-state index in [1.54, 1.807) is 5.57 Å². The molecule has 21 heavy (non-hydrogen) atoms. The van der Waals surface area contributed by atoms with Gasteiger partial charge in [0.15, 0.2) is 0 Å². The first-order valence-electron chi connectivity index (χ1n) is 9.33. The van der Waals surface area contributed by atoms with Crippen molar-refractivity contribution in [3.8, 4) is 0 Å². The monoisotopic (exact) mass is 284 g/mol. The van der Waals surface area contributed by atoms with Crippen LogP contribution in [0.1, 0.15) is 72.6 Å². The van der Waals surface area contributed by atoms with Gasteiger partial charge in [-0.1, -0.05) is 44.1 Å². The largest absolute Gasteiger partial charge is 0.0847 e. The van der Waals surface area contributed by atoms with E-state index < -0.39 is 0 Å². The van der Waals surface area contributed by atoms with Crippen molar-refractivity contribution in [1.29, 1.82) is 0 Å². The summed E-state index contributed by atoms with van der Waals surface area (Å²) in [5.41, 5.74) is 4.64. The van der Waals surface area contributed by atoms with E-state index in [2.05, 4.69) is 39.8 Å². The van der Waals surface area contributed by atoms with Crippen molar-refractivity contribution in [3.63, 3.8) is 0 Å². The topological polar surface area (TPSA) is 0 Å². The minimum absolute atomic E-state index is 0.542. The van der Waals surface area contributed by atoms with Crippen LogP contribution in [-0.2, 0) is 0 Å². The van der Waals surface area contributed by atoms with Gasteiger partial charge in [-0.05, 0) is 86.4 Å². The molecular weight excluding hydrogens is 252 g/mol. The van der Waals surface area contributed by atoms with Crippen molar-refractivity contribution in [2.75, 3.05) is 0 Å². The van der Waals surface area contributed by atoms with Gasteiger partial charge in [-0.25, -0.2) is 0 Å². The molecule has 6 atom stereocenters. The van der Waals surface area contributed by atoms with Gasteiger partial charge in [0.1, 0.15) is 0 Å². The van der Waals surface area contributed by atoms with Gasteiger partial charge in [-0.2, -0.15) is 0 Å². The minimum atomic E-state index is 0.542. The highest BCUT2D eigenvalue weighted by Crippen LogP contribution is 2.65. The van der Waals surface area contributed by atoms with Crippen molar-refractivity contribution in [2.24, 2.45) is 34.5 Å². The summed E-state index contributed by atoms with van der Waals surface area (Å²) in [7, 11) is 0. The second kappa shape index (κ2) is 4.49. The van der Waals surface area contributed by atoms with Crippen LogP contribution in [0.3, 0.4) is 0 Å². The lowest BCUT2D eigenvalue weighted by Crippen LogP contribution is -2.49. The predicted molar refractivity (Wildman–Crippen MR) is 90.0 cm³/mol. The summed E-state index contributed by atoms with van der Waals surface area (Å²) in [5, 5.41) is 0. The van der Waals surface area contributed by atoms with Gasteiger partial charge in [-0.3, -0.25) is 0 Å². The number of allylic oxidation sites excluding steroid dienone is 4. The number of hydrogen-bond donors (Lipinski definition) is 0. The molecule has 4 rings (SSSR count). The maximum Gasteiger partial charge on any atom is -0.00851 e. The molecule has 116 valence electrons. The Hall–Kier alpha value is -0.520. The smallest absolute Gasteiger partial charge is 0.00851 e. The molecule has 0 N–H and O–H groups in total. The molecule has 0 spiro atoms. The third kappa shape index (κ3) is 1.80. The van der Waals surface area contributed by atoms with Crippen LogP contribution in [0.25, 0.3) is 0 Å². The fraction of sp³-hybridized carbons (Fsp3) is 0.810. The molecular formula is C21H32. The molecule has 0 aromatic rings. The standard InChI is InChI=1S/C21H32/c1-14-9-11-21(4)16(13-14)6-7-17-18-8-5-15(2)20(18,3)12-10-19(17)21/h5,13-14,17-19H,6-12H2,1-4H3/t14-,17?,18?,19?,20?,21?/m1/s1. The molecule has 5 unspecified atom stereocenters. The Morgan fingerprint density at radius 2 is 1.76 bits per heavy atom. The number of rotatable bonds is 0. The number of hydrogen-bond acceptors (Lipinski definition) is 0. The Labute approximate surface area is 131 Å². The maximum atomic E-state index is 2.66. The fourth-order valence-corrected chi connectivity index (χ4v) is 6.68. The van der Waals surface area contributed by atoms with E-state index in [9.17, 15) is 0 Å². The van der Waals surface area contributed by atoms with Crippen LogP contribution in [0, 0.1) is 34.5 Å². The summed E-state index contributed by atoms with van der Waals surface area (Å²) in [6.45, 7) is 10.0. The van der Waals surface area contributed by atoms with Crippen LogP contribution in [0.5, 0.6) is 0 Å². The molecule has 0 heterocycles. The third-order valence-corrected chi connectivity index (χ3v) is 8.31. The van der Waals surface area contributed by atoms with E-state index in [4.69, 9.17) is 0 Å². The first-order valence-corrected chi connectivity index (χ1v) is 9.33. The van der Waals surface area contributed by atoms with Gasteiger partial charge in [0, 0.05) is 0 Å². The zero-order valence-electron chi connectivity index (χ0n) is 14.4. The van der Waals surface area contributed by atoms with Crippen LogP contribution in [0.15, 0.2) is 23.3 Å². The van der Waals surface area contributed by atoms with E-state index in [-0.39, 0.29) is 0 Å². The van der Waals surface area contributed by atoms with Crippen molar-refractivity contribution in [3.05, 3.63) is 23.3 Å². The van der Waals surface area contributed by atoms with Gasteiger partial charge in [-0.15, -0.1) is 0 Å². The third-order valence-electron chi connectivity index (χ3n) is 8.31. The highest BCUT2D eigenvalue weighted by atomic mass is 14.6. The van der Waals surface area contributed by atoms with Crippen molar-refractivity contribution in [1.82, 2.24) is 0 Å². The Morgan fingerprint density at radius 1 is 1.00 bits per heavy atom. The highest BCUT2D eigenvalue weighted by molar-refractivity contribution is 5.28. The lowest BCUT2D eigenvalue weighted by atomic mass is 9.46. The second-order valence-corrected chi connectivity index (χ2v) is 9.12. The number of fused-ring (bicyclic) bond motifs is 5. The van der Waals surface area contributed by atoms with Crippen LogP contribution in [0.4, 0.5) is 0 Å². The van der Waals surface area contributed by atoms with Gasteiger partial charge in [0.2, 0.25) is 0 Å². The molecule has 0 heteroatoms. The molecule has 0 amide bonds. The molecule has 0 aromatic heterocycles. The summed E-state index contributed by atoms with van der Waals surface area (Å²) in [4.78, 5) is 0. The molecule has 2 saturated carbocycles. The van der Waals surface area contributed by atoms with E-state index in [1.807, 2.05) is 5.57 Å². The Kier molecular flexibility index (Phi) is 3.02. The molecule has 4 aliphatic rings. The summed E-state index contributed by atoms with van der Waals surface area (Å²) < 4.78 is 0. The first-order chi connectivity index (χ1) is 9.95. The van der Waals surface area contributed by atoms with Gasteiger partial charge in [0.05, 0.1) is 0 Å². The van der Waals surface area contributed by atoms with Crippen LogP contribution >= 0.6 is 0 Å². The quantitative estimate of drug-likeness (QED) is 0.469. The Balaban J connectivity index is 1.68.